The lowest BCUT2D eigenvalue weighted by molar-refractivity contribution is 0.932. The molecule has 4 aromatic rings. The standard InChI is InChI=1S/C18H15N7S/c1-19-15(20-2)14-9-11-6-7-13(22-16(11)25(14)3)18-24-23-17(26-18)12-5-4-8-21-10-12/h4-10H,1H2,2-3H3. The van der Waals surface area contributed by atoms with Crippen LogP contribution in [0.4, 0.5) is 0 Å². The molecule has 0 N–H and O–H groups in total. The number of aromatic nitrogens is 5. The Morgan fingerprint density at radius 1 is 1.19 bits per heavy atom. The molecule has 0 saturated carbocycles. The molecule has 26 heavy (non-hydrogen) atoms. The van der Waals surface area contributed by atoms with E-state index in [4.69, 9.17) is 4.98 Å². The van der Waals surface area contributed by atoms with Gasteiger partial charge in [0.1, 0.15) is 16.3 Å². The van der Waals surface area contributed by atoms with Crippen molar-refractivity contribution in [3.63, 3.8) is 0 Å². The van der Waals surface area contributed by atoms with E-state index in [0.717, 1.165) is 38.0 Å². The van der Waals surface area contributed by atoms with Gasteiger partial charge in [-0.15, -0.1) is 10.2 Å². The molecule has 4 heterocycles. The first-order valence-electron chi connectivity index (χ1n) is 7.86. The molecular formula is C18H15N7S. The number of fused-ring (bicyclic) bond motifs is 1. The van der Waals surface area contributed by atoms with Gasteiger partial charge in [-0.3, -0.25) is 9.98 Å². The summed E-state index contributed by atoms with van der Waals surface area (Å²) in [5.74, 6) is 0.585. The van der Waals surface area contributed by atoms with Crippen LogP contribution >= 0.6 is 11.3 Å². The number of amidine groups is 1. The van der Waals surface area contributed by atoms with Crippen LogP contribution in [0, 0.1) is 0 Å². The monoisotopic (exact) mass is 361 g/mol. The maximum atomic E-state index is 4.76. The molecule has 0 aliphatic rings. The summed E-state index contributed by atoms with van der Waals surface area (Å²) in [5.41, 5.74) is 3.43. The van der Waals surface area contributed by atoms with E-state index in [1.165, 1.54) is 11.3 Å². The van der Waals surface area contributed by atoms with E-state index in [1.807, 2.05) is 41.9 Å². The molecule has 0 aromatic carbocycles. The summed E-state index contributed by atoms with van der Waals surface area (Å²) in [6, 6.07) is 9.81. The van der Waals surface area contributed by atoms with Crippen molar-refractivity contribution in [1.29, 1.82) is 0 Å². The minimum absolute atomic E-state index is 0.585. The fraction of sp³-hybridized carbons (Fsp3) is 0.111. The van der Waals surface area contributed by atoms with Crippen LogP contribution in [-0.4, -0.2) is 44.3 Å². The molecular weight excluding hydrogens is 346 g/mol. The number of hydrogen-bond donors (Lipinski definition) is 0. The van der Waals surface area contributed by atoms with Gasteiger partial charge in [-0.1, -0.05) is 11.3 Å². The summed E-state index contributed by atoms with van der Waals surface area (Å²) in [6.07, 6.45) is 3.51. The van der Waals surface area contributed by atoms with Gasteiger partial charge in [0.05, 0.1) is 5.69 Å². The van der Waals surface area contributed by atoms with Crippen molar-refractivity contribution in [2.24, 2.45) is 17.0 Å². The molecule has 0 amide bonds. The van der Waals surface area contributed by atoms with Gasteiger partial charge in [0.2, 0.25) is 0 Å². The van der Waals surface area contributed by atoms with Gasteiger partial charge < -0.3 is 4.57 Å². The average molecular weight is 361 g/mol. The van der Waals surface area contributed by atoms with Crippen molar-refractivity contribution < 1.29 is 0 Å². The molecule has 0 radical (unpaired) electrons. The molecule has 0 saturated heterocycles. The van der Waals surface area contributed by atoms with Crippen LogP contribution in [0.3, 0.4) is 0 Å². The summed E-state index contributed by atoms with van der Waals surface area (Å²) in [5, 5.41) is 11.1. The van der Waals surface area contributed by atoms with Crippen molar-refractivity contribution in [2.75, 3.05) is 7.05 Å². The summed E-state index contributed by atoms with van der Waals surface area (Å²) >= 11 is 1.49. The van der Waals surface area contributed by atoms with E-state index in [9.17, 15) is 0 Å². The van der Waals surface area contributed by atoms with Crippen LogP contribution in [0.5, 0.6) is 0 Å². The number of hydrogen-bond acceptors (Lipinski definition) is 6. The molecule has 4 aromatic heterocycles. The van der Waals surface area contributed by atoms with Gasteiger partial charge >= 0.3 is 0 Å². The summed E-state index contributed by atoms with van der Waals surface area (Å²) in [7, 11) is 3.63. The number of rotatable bonds is 3. The van der Waals surface area contributed by atoms with Gasteiger partial charge in [-0.05, 0) is 37.0 Å². The second-order valence-corrected chi connectivity index (χ2v) is 6.53. The topological polar surface area (TPSA) is 81.2 Å². The zero-order valence-electron chi connectivity index (χ0n) is 14.3. The van der Waals surface area contributed by atoms with E-state index in [0.29, 0.717) is 5.84 Å². The van der Waals surface area contributed by atoms with Gasteiger partial charge in [-0.2, -0.15) is 0 Å². The van der Waals surface area contributed by atoms with E-state index < -0.39 is 0 Å². The fourth-order valence-corrected chi connectivity index (χ4v) is 3.53. The van der Waals surface area contributed by atoms with Crippen LogP contribution in [0.15, 0.2) is 52.7 Å². The Hall–Kier alpha value is -3.26. The maximum Gasteiger partial charge on any atom is 0.170 e. The Labute approximate surface area is 153 Å². The Morgan fingerprint density at radius 3 is 2.77 bits per heavy atom. The molecule has 0 spiro atoms. The third-order valence-corrected chi connectivity index (χ3v) is 5.01. The molecule has 128 valence electrons. The first-order valence-corrected chi connectivity index (χ1v) is 8.67. The number of aliphatic imine (C=N–C) groups is 2. The van der Waals surface area contributed by atoms with E-state index >= 15 is 0 Å². The van der Waals surface area contributed by atoms with Crippen LogP contribution in [0.25, 0.3) is 32.3 Å². The normalized spacial score (nSPS) is 11.8. The number of nitrogens with zero attached hydrogens (tertiary/aromatic N) is 7. The minimum atomic E-state index is 0.585. The molecule has 0 aliphatic heterocycles. The second kappa shape index (κ2) is 6.57. The number of pyridine rings is 2. The predicted molar refractivity (Wildman–Crippen MR) is 105 cm³/mol. The average Bonchev–Trinajstić information content (AvgIpc) is 3.29. The van der Waals surface area contributed by atoms with E-state index in [1.54, 1.807) is 19.4 Å². The highest BCUT2D eigenvalue weighted by Gasteiger charge is 2.14. The van der Waals surface area contributed by atoms with Crippen molar-refractivity contribution in [3.05, 3.63) is 48.4 Å². The second-order valence-electron chi connectivity index (χ2n) is 5.56. The van der Waals surface area contributed by atoms with Gasteiger partial charge in [0, 0.05) is 37.4 Å². The largest absolute Gasteiger partial charge is 0.326 e. The summed E-state index contributed by atoms with van der Waals surface area (Å²) in [4.78, 5) is 17.0. The third-order valence-electron chi connectivity index (χ3n) is 4.02. The molecule has 4 rings (SSSR count). The Kier molecular flexibility index (Phi) is 4.10. The maximum absolute atomic E-state index is 4.76. The third kappa shape index (κ3) is 2.70. The lowest BCUT2D eigenvalue weighted by Crippen LogP contribution is -2.04. The van der Waals surface area contributed by atoms with Gasteiger partial charge in [-0.25, -0.2) is 9.98 Å². The molecule has 0 bridgehead atoms. The smallest absolute Gasteiger partial charge is 0.170 e. The first-order chi connectivity index (χ1) is 12.7. The zero-order chi connectivity index (χ0) is 18.1. The zero-order valence-corrected chi connectivity index (χ0v) is 15.1. The molecule has 0 fully saturated rings. The molecule has 8 heteroatoms. The predicted octanol–water partition coefficient (Wildman–Crippen LogP) is 3.23. The lowest BCUT2D eigenvalue weighted by atomic mass is 10.3. The van der Waals surface area contributed by atoms with E-state index in [2.05, 4.69) is 31.9 Å². The molecule has 0 unspecified atom stereocenters. The van der Waals surface area contributed by atoms with Crippen molar-refractivity contribution in [2.45, 2.75) is 0 Å². The van der Waals surface area contributed by atoms with Crippen LogP contribution in [0.1, 0.15) is 5.69 Å². The van der Waals surface area contributed by atoms with E-state index in [-0.39, 0.29) is 0 Å². The highest BCUT2D eigenvalue weighted by molar-refractivity contribution is 7.17. The Balaban J connectivity index is 1.78. The SMILES string of the molecule is C=NC(=NC)c1cc2ccc(-c3nnc(-c4cccnc4)s3)nc2n1C. The van der Waals surface area contributed by atoms with Crippen LogP contribution in [-0.2, 0) is 7.05 Å². The van der Waals surface area contributed by atoms with Crippen LogP contribution in [0.2, 0.25) is 0 Å². The highest BCUT2D eigenvalue weighted by Crippen LogP contribution is 2.30. The lowest BCUT2D eigenvalue weighted by Gasteiger charge is -2.02. The Morgan fingerprint density at radius 2 is 2.04 bits per heavy atom. The quantitative estimate of drug-likeness (QED) is 0.414. The van der Waals surface area contributed by atoms with Crippen molar-refractivity contribution in [1.82, 2.24) is 24.7 Å². The van der Waals surface area contributed by atoms with Crippen molar-refractivity contribution >= 4 is 34.9 Å². The van der Waals surface area contributed by atoms with Gasteiger partial charge in [0.15, 0.2) is 10.8 Å². The summed E-state index contributed by atoms with van der Waals surface area (Å²) < 4.78 is 1.96. The molecule has 0 atom stereocenters. The molecule has 7 nitrogen and oxygen atoms in total. The molecule has 0 aliphatic carbocycles. The first kappa shape index (κ1) is 16.2. The Bertz CT molecular complexity index is 1130. The van der Waals surface area contributed by atoms with Crippen LogP contribution < -0.4 is 0 Å². The highest BCUT2D eigenvalue weighted by atomic mass is 32.1. The van der Waals surface area contributed by atoms with Gasteiger partial charge in [0.25, 0.3) is 0 Å². The number of aryl methyl sites for hydroxylation is 1. The summed E-state index contributed by atoms with van der Waals surface area (Å²) in [6.45, 7) is 3.58. The minimum Gasteiger partial charge on any atom is -0.326 e. The van der Waals surface area contributed by atoms with Crippen molar-refractivity contribution in [3.8, 4) is 21.3 Å². The fourth-order valence-electron chi connectivity index (χ4n) is 2.73.